The molecule has 0 aliphatic heterocycles. The third kappa shape index (κ3) is 15.9. The van der Waals surface area contributed by atoms with Crippen molar-refractivity contribution in [3.05, 3.63) is 12.8 Å². The predicted octanol–water partition coefficient (Wildman–Crippen LogP) is -5.82. The molecule has 0 atom stereocenters. The Kier molecular flexibility index (Phi) is 31.0. The SMILES string of the molecule is [C-]#CC#CC#[C-].[Na+].[Na+]. The van der Waals surface area contributed by atoms with Gasteiger partial charge in [-0.1, -0.05) is 0 Å². The molecule has 26 valence electrons. The minimum atomic E-state index is 0. The van der Waals surface area contributed by atoms with Crippen LogP contribution in [0.3, 0.4) is 0 Å². The molecule has 0 rings (SSSR count). The molecule has 0 saturated heterocycles. The van der Waals surface area contributed by atoms with Gasteiger partial charge in [0.15, 0.2) is 0 Å². The molecule has 0 amide bonds. The van der Waals surface area contributed by atoms with Gasteiger partial charge in [-0.3, -0.25) is 11.8 Å². The van der Waals surface area contributed by atoms with Gasteiger partial charge in [0.05, 0.1) is 0 Å². The Bertz CT molecular complexity index is 140. The van der Waals surface area contributed by atoms with Crippen molar-refractivity contribution in [2.24, 2.45) is 0 Å². The fraction of sp³-hybridized carbons (Fsp3) is 0. The minimum absolute atomic E-state index is 0. The second-order valence-corrected chi connectivity index (χ2v) is 0.500. The van der Waals surface area contributed by atoms with Crippen LogP contribution in [0.25, 0.3) is 0 Å². The maximum absolute atomic E-state index is 6.16. The molecule has 0 bridgehead atoms. The smallest absolute Gasteiger partial charge is 0.360 e. The summed E-state index contributed by atoms with van der Waals surface area (Å²) in [5, 5.41) is 0. The third-order valence-electron chi connectivity index (χ3n) is 0.188. The van der Waals surface area contributed by atoms with Gasteiger partial charge in [-0.25, -0.2) is 0 Å². The fourth-order valence-corrected chi connectivity index (χ4v) is 0.0625. The average molecular weight is 118 g/mol. The van der Waals surface area contributed by atoms with Crippen LogP contribution in [-0.2, 0) is 0 Å². The van der Waals surface area contributed by atoms with Crippen molar-refractivity contribution in [3.63, 3.8) is 0 Å². The molecule has 0 aromatic rings. The quantitative estimate of drug-likeness (QED) is 0.169. The van der Waals surface area contributed by atoms with Crippen LogP contribution < -0.4 is 59.1 Å². The summed E-state index contributed by atoms with van der Waals surface area (Å²) >= 11 is 0. The molecule has 0 fully saturated rings. The van der Waals surface area contributed by atoms with Crippen molar-refractivity contribution in [1.29, 1.82) is 0 Å². The molecule has 2 heteroatoms. The van der Waals surface area contributed by atoms with Gasteiger partial charge in [0.2, 0.25) is 0 Å². The molecule has 0 spiro atoms. The Labute approximate surface area is 94.4 Å². The van der Waals surface area contributed by atoms with E-state index in [1.54, 1.807) is 11.8 Å². The molecule has 0 aliphatic rings. The van der Waals surface area contributed by atoms with Crippen LogP contribution in [0.4, 0.5) is 0 Å². The molecule has 0 heterocycles. The molecule has 0 saturated carbocycles. The van der Waals surface area contributed by atoms with Gasteiger partial charge in [-0.15, -0.1) is 0 Å². The van der Waals surface area contributed by atoms with Crippen LogP contribution in [0.5, 0.6) is 0 Å². The average Bonchev–Trinajstić information content (AvgIpc) is 1.61. The second kappa shape index (κ2) is 15.6. The van der Waals surface area contributed by atoms with E-state index in [1.165, 1.54) is 0 Å². The molecule has 8 heavy (non-hydrogen) atoms. The maximum atomic E-state index is 6.16. The van der Waals surface area contributed by atoms with Gasteiger partial charge >= 0.3 is 59.1 Å². The molecular formula is C6Na2. The summed E-state index contributed by atoms with van der Waals surface area (Å²) in [7, 11) is 0. The van der Waals surface area contributed by atoms with Crippen molar-refractivity contribution in [2.45, 2.75) is 0 Å². The first-order chi connectivity index (χ1) is 2.91. The fourth-order valence-electron chi connectivity index (χ4n) is 0.0625. The summed E-state index contributed by atoms with van der Waals surface area (Å²) in [6.45, 7) is 0. The van der Waals surface area contributed by atoms with Gasteiger partial charge in [0.25, 0.3) is 0 Å². The summed E-state index contributed by atoms with van der Waals surface area (Å²) in [5.41, 5.74) is 0. The molecule has 0 nitrogen and oxygen atoms in total. The van der Waals surface area contributed by atoms with Gasteiger partial charge in [0, 0.05) is 0 Å². The van der Waals surface area contributed by atoms with Gasteiger partial charge in [-0.2, -0.15) is 0 Å². The Hall–Kier alpha value is 0.680. The first-order valence-electron chi connectivity index (χ1n) is 1.25. The van der Waals surface area contributed by atoms with Gasteiger partial charge in [-0.05, 0) is 0 Å². The number of rotatable bonds is 0. The zero-order chi connectivity index (χ0) is 4.83. The minimum Gasteiger partial charge on any atom is -0.360 e. The summed E-state index contributed by atoms with van der Waals surface area (Å²) < 4.78 is 0. The Morgan fingerprint density at radius 2 is 1.00 bits per heavy atom. The molecule has 0 aromatic heterocycles. The van der Waals surface area contributed by atoms with Crippen molar-refractivity contribution < 1.29 is 59.1 Å². The topological polar surface area (TPSA) is 0 Å². The van der Waals surface area contributed by atoms with E-state index in [0.717, 1.165) is 0 Å². The van der Waals surface area contributed by atoms with Crippen LogP contribution in [0.15, 0.2) is 0 Å². The third-order valence-corrected chi connectivity index (χ3v) is 0.188. The van der Waals surface area contributed by atoms with Crippen LogP contribution in [-0.4, -0.2) is 0 Å². The predicted molar refractivity (Wildman–Crippen MR) is 22.0 cm³/mol. The normalized spacial score (nSPS) is 2.25. The standard InChI is InChI=1S/C6.2Na/c1-3-5-6-4-2;;/q-2;2*+1. The second-order valence-electron chi connectivity index (χ2n) is 0.500. The van der Waals surface area contributed by atoms with Crippen molar-refractivity contribution in [3.8, 4) is 23.7 Å². The Morgan fingerprint density at radius 3 is 1.12 bits per heavy atom. The monoisotopic (exact) mass is 118 g/mol. The van der Waals surface area contributed by atoms with Gasteiger partial charge in [0.1, 0.15) is 0 Å². The molecule has 0 N–H and O–H groups in total. The van der Waals surface area contributed by atoms with E-state index in [-0.39, 0.29) is 59.1 Å². The van der Waals surface area contributed by atoms with E-state index in [0.29, 0.717) is 0 Å². The van der Waals surface area contributed by atoms with Crippen LogP contribution in [0, 0.1) is 36.5 Å². The summed E-state index contributed by atoms with van der Waals surface area (Å²) in [4.78, 5) is 0. The van der Waals surface area contributed by atoms with E-state index in [4.69, 9.17) is 12.8 Å². The zero-order valence-electron chi connectivity index (χ0n) is 5.00. The van der Waals surface area contributed by atoms with E-state index < -0.39 is 0 Å². The number of hydrogen-bond acceptors (Lipinski definition) is 0. The van der Waals surface area contributed by atoms with Crippen molar-refractivity contribution in [2.75, 3.05) is 0 Å². The molecular weight excluding hydrogens is 118 g/mol. The molecule has 0 radical (unpaired) electrons. The van der Waals surface area contributed by atoms with E-state index >= 15 is 0 Å². The summed E-state index contributed by atoms with van der Waals surface area (Å²) in [6.07, 6.45) is 12.3. The zero-order valence-corrected chi connectivity index (χ0v) is 9.00. The first-order valence-corrected chi connectivity index (χ1v) is 1.25. The Balaban J connectivity index is -0.000000125. The van der Waals surface area contributed by atoms with E-state index in [1.807, 2.05) is 0 Å². The first kappa shape index (κ1) is 15.9. The largest absolute Gasteiger partial charge is 1.00 e. The molecule has 0 unspecified atom stereocenters. The number of hydrogen-bond donors (Lipinski definition) is 0. The van der Waals surface area contributed by atoms with Crippen LogP contribution >= 0.6 is 0 Å². The van der Waals surface area contributed by atoms with E-state index in [2.05, 4.69) is 11.8 Å². The van der Waals surface area contributed by atoms with Crippen LogP contribution in [0.1, 0.15) is 0 Å². The Morgan fingerprint density at radius 1 is 0.750 bits per heavy atom. The maximum Gasteiger partial charge on any atom is 1.00 e. The van der Waals surface area contributed by atoms with Gasteiger partial charge < -0.3 is 24.7 Å². The molecule has 0 aliphatic carbocycles. The summed E-state index contributed by atoms with van der Waals surface area (Å²) in [6, 6.07) is 0. The summed E-state index contributed by atoms with van der Waals surface area (Å²) in [5.74, 6) is 7.68. The molecule has 0 aromatic carbocycles. The van der Waals surface area contributed by atoms with Crippen molar-refractivity contribution in [1.82, 2.24) is 0 Å². The van der Waals surface area contributed by atoms with Crippen LogP contribution in [0.2, 0.25) is 0 Å². The van der Waals surface area contributed by atoms with E-state index in [9.17, 15) is 0 Å². The van der Waals surface area contributed by atoms with Crippen molar-refractivity contribution >= 4 is 0 Å².